The Labute approximate surface area is 222 Å². The second kappa shape index (κ2) is 8.92. The van der Waals surface area contributed by atoms with Crippen LogP contribution in [0.15, 0.2) is 48.7 Å². The first-order chi connectivity index (χ1) is 18.1. The zero-order chi connectivity index (χ0) is 26.8. The number of Topliss-reactive ketones (excluding diaryl/α,β-unsaturated/α-hetero) is 1. The molecule has 11 heteroatoms. The van der Waals surface area contributed by atoms with Crippen LogP contribution in [0.4, 0.5) is 4.39 Å². The van der Waals surface area contributed by atoms with Gasteiger partial charge in [0.1, 0.15) is 11.5 Å². The number of aryl methyl sites for hydroxylation is 1. The van der Waals surface area contributed by atoms with Gasteiger partial charge in [0.25, 0.3) is 5.91 Å². The lowest BCUT2D eigenvalue weighted by atomic mass is 9.93. The molecule has 1 amide bonds. The quantitative estimate of drug-likeness (QED) is 0.356. The van der Waals surface area contributed by atoms with E-state index in [2.05, 4.69) is 14.9 Å². The average Bonchev–Trinajstić information content (AvgIpc) is 3.58. The number of rotatable bonds is 6. The molecular formula is C27H22ClFN4O4S. The van der Waals surface area contributed by atoms with Gasteiger partial charge in [-0.1, -0.05) is 29.8 Å². The van der Waals surface area contributed by atoms with Crippen LogP contribution in [0.3, 0.4) is 0 Å². The highest BCUT2D eigenvalue weighted by Crippen LogP contribution is 2.37. The summed E-state index contributed by atoms with van der Waals surface area (Å²) >= 11 is 6.58. The largest absolute Gasteiger partial charge is 0.331 e. The second-order valence-electron chi connectivity index (χ2n) is 9.64. The smallest absolute Gasteiger partial charge is 0.282 e. The molecule has 2 heterocycles. The van der Waals surface area contributed by atoms with Gasteiger partial charge in [0.05, 0.1) is 22.5 Å². The summed E-state index contributed by atoms with van der Waals surface area (Å²) in [6, 6.07) is 6.38. The second-order valence-corrected chi connectivity index (χ2v) is 12.0. The predicted molar refractivity (Wildman–Crippen MR) is 143 cm³/mol. The van der Waals surface area contributed by atoms with Gasteiger partial charge < -0.3 is 4.57 Å². The number of aromatic nitrogens is 3. The summed E-state index contributed by atoms with van der Waals surface area (Å²) in [6.45, 7) is 1.61. The molecule has 1 fully saturated rings. The van der Waals surface area contributed by atoms with Crippen LogP contribution in [0.25, 0.3) is 27.4 Å². The van der Waals surface area contributed by atoms with Crippen molar-refractivity contribution in [3.8, 4) is 0 Å². The number of sulfonamides is 1. The molecular weight excluding hydrogens is 531 g/mol. The van der Waals surface area contributed by atoms with Crippen molar-refractivity contribution in [3.05, 3.63) is 81.9 Å². The normalized spacial score (nSPS) is 15.9. The number of hydrogen-bond donors (Lipinski definition) is 2. The van der Waals surface area contributed by atoms with Gasteiger partial charge in [0.15, 0.2) is 5.78 Å². The number of fused-ring (bicyclic) bond motifs is 2. The van der Waals surface area contributed by atoms with Crippen LogP contribution in [0.1, 0.15) is 46.4 Å². The molecule has 0 saturated heterocycles. The zero-order valence-electron chi connectivity index (χ0n) is 20.2. The molecule has 2 aromatic carbocycles. The van der Waals surface area contributed by atoms with E-state index in [9.17, 15) is 22.4 Å². The van der Waals surface area contributed by atoms with E-state index in [1.165, 1.54) is 10.6 Å². The Hall–Kier alpha value is -3.76. The number of carbonyl (C=O) groups is 2. The van der Waals surface area contributed by atoms with Crippen LogP contribution in [0.2, 0.25) is 5.02 Å². The monoisotopic (exact) mass is 552 g/mol. The van der Waals surface area contributed by atoms with Crippen molar-refractivity contribution in [3.63, 3.8) is 0 Å². The van der Waals surface area contributed by atoms with Crippen LogP contribution in [-0.4, -0.2) is 40.1 Å². The number of ketones is 1. The van der Waals surface area contributed by atoms with Crippen LogP contribution >= 0.6 is 11.6 Å². The van der Waals surface area contributed by atoms with Crippen molar-refractivity contribution in [2.75, 3.05) is 0 Å². The molecule has 0 atom stereocenters. The summed E-state index contributed by atoms with van der Waals surface area (Å²) in [5.74, 6) is -1.61. The van der Waals surface area contributed by atoms with Gasteiger partial charge in [-0.15, -0.1) is 0 Å². The molecule has 8 nitrogen and oxygen atoms in total. The van der Waals surface area contributed by atoms with E-state index < -0.39 is 27.0 Å². The molecule has 2 aliphatic rings. The third-order valence-corrected chi connectivity index (χ3v) is 9.14. The molecule has 0 spiro atoms. The first kappa shape index (κ1) is 24.6. The van der Waals surface area contributed by atoms with Crippen molar-refractivity contribution in [2.45, 2.75) is 38.0 Å². The van der Waals surface area contributed by atoms with E-state index >= 15 is 0 Å². The first-order valence-corrected chi connectivity index (χ1v) is 14.0. The van der Waals surface area contributed by atoms with E-state index in [1.54, 1.807) is 49.5 Å². The van der Waals surface area contributed by atoms with E-state index in [0.29, 0.717) is 39.9 Å². The third-order valence-electron chi connectivity index (χ3n) is 6.96. The topological polar surface area (TPSA) is 114 Å². The number of halogens is 2. The summed E-state index contributed by atoms with van der Waals surface area (Å²) in [7, 11) is -3.91. The van der Waals surface area contributed by atoms with E-state index in [0.717, 1.165) is 10.9 Å². The van der Waals surface area contributed by atoms with Crippen molar-refractivity contribution in [2.24, 2.45) is 0 Å². The number of H-pyrrole nitrogens is 1. The van der Waals surface area contributed by atoms with E-state index in [1.807, 2.05) is 0 Å². The number of carbonyl (C=O) groups excluding carboxylic acids is 2. The molecule has 0 unspecified atom stereocenters. The number of hydrogen-bond acceptors (Lipinski definition) is 5. The lowest BCUT2D eigenvalue weighted by Crippen LogP contribution is -2.35. The molecule has 2 aromatic heterocycles. The van der Waals surface area contributed by atoms with Crippen LogP contribution in [-0.2, 0) is 21.4 Å². The minimum atomic E-state index is -3.91. The number of nitrogens with zero attached hydrogens (tertiary/aromatic N) is 2. The zero-order valence-corrected chi connectivity index (χ0v) is 21.8. The van der Waals surface area contributed by atoms with E-state index in [4.69, 9.17) is 11.6 Å². The lowest BCUT2D eigenvalue weighted by Gasteiger charge is -2.15. The molecule has 38 heavy (non-hydrogen) atoms. The van der Waals surface area contributed by atoms with Crippen LogP contribution < -0.4 is 4.72 Å². The number of benzene rings is 2. The molecule has 4 aromatic rings. The fourth-order valence-electron chi connectivity index (χ4n) is 4.86. The van der Waals surface area contributed by atoms with Gasteiger partial charge in [0.2, 0.25) is 10.0 Å². The molecule has 1 saturated carbocycles. The van der Waals surface area contributed by atoms with Crippen molar-refractivity contribution in [1.82, 2.24) is 19.5 Å². The van der Waals surface area contributed by atoms with Crippen LogP contribution in [0, 0.1) is 12.7 Å². The molecule has 0 bridgehead atoms. The predicted octanol–water partition coefficient (Wildman–Crippen LogP) is 4.80. The Morgan fingerprint density at radius 1 is 1.26 bits per heavy atom. The summed E-state index contributed by atoms with van der Waals surface area (Å²) in [5.41, 5.74) is 2.46. The summed E-state index contributed by atoms with van der Waals surface area (Å²) in [4.78, 5) is 26.8. The van der Waals surface area contributed by atoms with Gasteiger partial charge in [-0.25, -0.2) is 17.5 Å². The first-order valence-electron chi connectivity index (χ1n) is 12.0. The van der Waals surface area contributed by atoms with E-state index in [-0.39, 0.29) is 35.6 Å². The van der Waals surface area contributed by atoms with Gasteiger partial charge in [-0.2, -0.15) is 5.10 Å². The Morgan fingerprint density at radius 2 is 2.05 bits per heavy atom. The van der Waals surface area contributed by atoms with Crippen LogP contribution in [0.5, 0.6) is 0 Å². The Balaban J connectivity index is 1.63. The fourth-order valence-corrected chi connectivity index (χ4v) is 6.36. The highest BCUT2D eigenvalue weighted by atomic mass is 35.5. The molecule has 194 valence electrons. The Bertz CT molecular complexity index is 1850. The standard InChI is InChI=1S/C27H22ClFN4O4S/c1-14-8-19-23(11-21(14)29)33(13-16-9-15-12-30-31-22(15)10-20(16)28)26(25(19)18-4-2-3-5-24(18)34)27(35)32-38(36,37)17-6-7-17/h2-4,8-12,17H,5-7,13H2,1H3,(H,30,31)(H,32,35). The third kappa shape index (κ3) is 4.13. The van der Waals surface area contributed by atoms with Gasteiger partial charge in [-0.3, -0.25) is 14.7 Å². The summed E-state index contributed by atoms with van der Waals surface area (Å²) < 4.78 is 44.2. The number of nitrogens with one attached hydrogen (secondary N) is 2. The van der Waals surface area contributed by atoms with Gasteiger partial charge in [-0.05, 0) is 55.2 Å². The Kier molecular flexibility index (Phi) is 5.77. The maximum atomic E-state index is 14.9. The minimum absolute atomic E-state index is 0.0164. The highest BCUT2D eigenvalue weighted by molar-refractivity contribution is 7.91. The molecule has 0 aliphatic heterocycles. The maximum absolute atomic E-state index is 14.9. The summed E-state index contributed by atoms with van der Waals surface area (Å²) in [5, 5.41) is 7.86. The molecule has 0 radical (unpaired) electrons. The van der Waals surface area contributed by atoms with Crippen molar-refractivity contribution < 1.29 is 22.4 Å². The molecule has 2 N–H and O–H groups in total. The Morgan fingerprint density at radius 3 is 2.79 bits per heavy atom. The highest BCUT2D eigenvalue weighted by Gasteiger charge is 2.39. The SMILES string of the molecule is Cc1cc2c(C3=CC=CCC3=O)c(C(=O)NS(=O)(=O)C3CC3)n(Cc3cc4cn[nH]c4cc3Cl)c2cc1F. The van der Waals surface area contributed by atoms with Gasteiger partial charge >= 0.3 is 0 Å². The molecule has 2 aliphatic carbocycles. The minimum Gasteiger partial charge on any atom is -0.331 e. The number of allylic oxidation sites excluding steroid dienone is 4. The molecule has 6 rings (SSSR count). The summed E-state index contributed by atoms with van der Waals surface area (Å²) in [6.07, 6.45) is 7.71. The average molecular weight is 553 g/mol. The number of amides is 1. The number of aromatic amines is 1. The lowest BCUT2D eigenvalue weighted by molar-refractivity contribution is -0.113. The van der Waals surface area contributed by atoms with Gasteiger partial charge in [0, 0.05) is 39.9 Å². The fraction of sp³-hybridized carbons (Fsp3) is 0.222. The maximum Gasteiger partial charge on any atom is 0.282 e. The van der Waals surface area contributed by atoms with Crippen molar-refractivity contribution in [1.29, 1.82) is 0 Å². The van der Waals surface area contributed by atoms with Crippen molar-refractivity contribution >= 4 is 60.7 Å².